The van der Waals surface area contributed by atoms with E-state index in [9.17, 15) is 9.90 Å². The Labute approximate surface area is 170 Å². The highest BCUT2D eigenvalue weighted by molar-refractivity contribution is 5.75. The highest BCUT2D eigenvalue weighted by atomic mass is 16.3. The highest BCUT2D eigenvalue weighted by Gasteiger charge is 2.31. The number of carbonyl (C=O) groups excluding carboxylic acids is 1. The maximum absolute atomic E-state index is 12.9. The van der Waals surface area contributed by atoms with Crippen molar-refractivity contribution in [3.05, 3.63) is 35.9 Å². The second-order valence-electron chi connectivity index (χ2n) is 9.20. The summed E-state index contributed by atoms with van der Waals surface area (Å²) in [6.45, 7) is 6.99. The zero-order chi connectivity index (χ0) is 20.0. The molecule has 2 N–H and O–H groups in total. The van der Waals surface area contributed by atoms with Crippen LogP contribution in [0.5, 0.6) is 0 Å². The molecule has 2 aliphatic rings. The first-order chi connectivity index (χ1) is 13.4. The third-order valence-electron chi connectivity index (χ3n) is 5.94. The monoisotopic (exact) mass is 387 g/mol. The van der Waals surface area contributed by atoms with E-state index < -0.39 is 5.60 Å². The lowest BCUT2D eigenvalue weighted by Crippen LogP contribution is -2.52. The quantitative estimate of drug-likeness (QED) is 0.754. The summed E-state index contributed by atoms with van der Waals surface area (Å²) in [5, 5.41) is 13.3. The lowest BCUT2D eigenvalue weighted by Gasteiger charge is -2.36. The average molecular weight is 388 g/mol. The third kappa shape index (κ3) is 6.49. The van der Waals surface area contributed by atoms with Crippen LogP contribution in [-0.4, -0.2) is 64.8 Å². The van der Waals surface area contributed by atoms with Gasteiger partial charge in [-0.25, -0.2) is 4.79 Å². The zero-order valence-electron chi connectivity index (χ0n) is 17.6. The number of hydrogen-bond donors (Lipinski definition) is 2. The number of aliphatic hydroxyl groups is 1. The number of piperidine rings is 1. The van der Waals surface area contributed by atoms with E-state index >= 15 is 0 Å². The number of urea groups is 1. The van der Waals surface area contributed by atoms with Gasteiger partial charge in [0.1, 0.15) is 0 Å². The molecule has 0 bridgehead atoms. The number of rotatable bonds is 7. The number of nitrogens with one attached hydrogen (secondary N) is 1. The molecule has 156 valence electrons. The Kier molecular flexibility index (Phi) is 7.36. The summed E-state index contributed by atoms with van der Waals surface area (Å²) in [4.78, 5) is 17.3. The first-order valence-corrected chi connectivity index (χ1v) is 11.0. The number of aryl methyl sites for hydroxylation is 1. The molecule has 2 fully saturated rings. The van der Waals surface area contributed by atoms with Crippen LogP contribution in [0.4, 0.5) is 4.79 Å². The van der Waals surface area contributed by atoms with E-state index in [0.717, 1.165) is 58.2 Å². The molecule has 5 heteroatoms. The van der Waals surface area contributed by atoms with Gasteiger partial charge < -0.3 is 15.3 Å². The second kappa shape index (κ2) is 9.75. The van der Waals surface area contributed by atoms with Crippen LogP contribution in [0, 0.1) is 0 Å². The lowest BCUT2D eigenvalue weighted by atomic mass is 9.96. The molecule has 3 rings (SSSR count). The standard InChI is InChI=1S/C23H37N3O2/c1-23(2,28)18-25-16-14-20(17-25)24-22(27)26-15-7-6-12-21(26)13-8-11-19-9-4-3-5-10-19/h3-5,9-10,20-21,28H,6-8,11-18H2,1-2H3,(H,24,27)/t20-,21?/m1/s1. The van der Waals surface area contributed by atoms with E-state index in [1.165, 1.54) is 12.0 Å². The van der Waals surface area contributed by atoms with Crippen LogP contribution in [0.3, 0.4) is 0 Å². The lowest BCUT2D eigenvalue weighted by molar-refractivity contribution is 0.0433. The molecular weight excluding hydrogens is 350 g/mol. The molecule has 5 nitrogen and oxygen atoms in total. The molecular formula is C23H37N3O2. The Bertz CT molecular complexity index is 614. The summed E-state index contributed by atoms with van der Waals surface area (Å²) in [7, 11) is 0. The van der Waals surface area contributed by atoms with Gasteiger partial charge in [0.25, 0.3) is 0 Å². The summed E-state index contributed by atoms with van der Waals surface area (Å²) < 4.78 is 0. The van der Waals surface area contributed by atoms with Crippen molar-refractivity contribution in [1.29, 1.82) is 0 Å². The van der Waals surface area contributed by atoms with Crippen molar-refractivity contribution >= 4 is 6.03 Å². The first kappa shape index (κ1) is 21.1. The number of likely N-dealkylation sites (tertiary alicyclic amines) is 2. The maximum atomic E-state index is 12.9. The third-order valence-corrected chi connectivity index (χ3v) is 5.94. The molecule has 1 unspecified atom stereocenters. The van der Waals surface area contributed by atoms with Gasteiger partial charge in [0.15, 0.2) is 0 Å². The van der Waals surface area contributed by atoms with E-state index in [-0.39, 0.29) is 12.1 Å². The van der Waals surface area contributed by atoms with Crippen LogP contribution in [0.2, 0.25) is 0 Å². The zero-order valence-corrected chi connectivity index (χ0v) is 17.6. The topological polar surface area (TPSA) is 55.8 Å². The fourth-order valence-electron chi connectivity index (χ4n) is 4.65. The Morgan fingerprint density at radius 1 is 1.18 bits per heavy atom. The number of hydrogen-bond acceptors (Lipinski definition) is 3. The summed E-state index contributed by atoms with van der Waals surface area (Å²) in [6, 6.07) is 11.3. The largest absolute Gasteiger partial charge is 0.389 e. The minimum atomic E-state index is -0.685. The van der Waals surface area contributed by atoms with Crippen LogP contribution in [0.15, 0.2) is 30.3 Å². The van der Waals surface area contributed by atoms with Crippen LogP contribution in [0.25, 0.3) is 0 Å². The van der Waals surface area contributed by atoms with Crippen molar-refractivity contribution in [2.45, 2.75) is 76.5 Å². The van der Waals surface area contributed by atoms with Crippen molar-refractivity contribution in [1.82, 2.24) is 15.1 Å². The molecule has 0 spiro atoms. The average Bonchev–Trinajstić information content (AvgIpc) is 3.08. The number of nitrogens with zero attached hydrogens (tertiary/aromatic N) is 2. The van der Waals surface area contributed by atoms with Crippen molar-refractivity contribution in [3.63, 3.8) is 0 Å². The molecule has 1 aromatic rings. The number of β-amino-alcohol motifs (C(OH)–C–C–N with tert-alkyl or cyclic N) is 1. The fourth-order valence-corrected chi connectivity index (χ4v) is 4.65. The Balaban J connectivity index is 1.46. The van der Waals surface area contributed by atoms with Gasteiger partial charge in [0.05, 0.1) is 5.60 Å². The fraction of sp³-hybridized carbons (Fsp3) is 0.696. The van der Waals surface area contributed by atoms with Crippen LogP contribution in [-0.2, 0) is 6.42 Å². The van der Waals surface area contributed by atoms with Crippen molar-refractivity contribution < 1.29 is 9.90 Å². The minimum absolute atomic E-state index is 0.111. The Morgan fingerprint density at radius 3 is 2.71 bits per heavy atom. The predicted molar refractivity (Wildman–Crippen MR) is 113 cm³/mol. The number of benzene rings is 1. The van der Waals surface area contributed by atoms with Crippen molar-refractivity contribution in [2.24, 2.45) is 0 Å². The predicted octanol–water partition coefficient (Wildman–Crippen LogP) is 3.42. The molecule has 28 heavy (non-hydrogen) atoms. The smallest absolute Gasteiger partial charge is 0.317 e. The van der Waals surface area contributed by atoms with E-state index in [2.05, 4.69) is 45.4 Å². The molecule has 2 amide bonds. The normalized spacial score (nSPS) is 23.8. The second-order valence-corrected chi connectivity index (χ2v) is 9.20. The van der Waals surface area contributed by atoms with E-state index in [0.29, 0.717) is 12.6 Å². The van der Waals surface area contributed by atoms with Gasteiger partial charge in [-0.05, 0) is 64.4 Å². The Morgan fingerprint density at radius 2 is 1.96 bits per heavy atom. The molecule has 0 aliphatic carbocycles. The minimum Gasteiger partial charge on any atom is -0.389 e. The van der Waals surface area contributed by atoms with Gasteiger partial charge in [-0.2, -0.15) is 0 Å². The molecule has 2 saturated heterocycles. The molecule has 2 atom stereocenters. The van der Waals surface area contributed by atoms with E-state index in [4.69, 9.17) is 0 Å². The summed E-state index contributed by atoms with van der Waals surface area (Å²) in [6.07, 6.45) is 7.72. The molecule has 1 aromatic carbocycles. The summed E-state index contributed by atoms with van der Waals surface area (Å²) in [5.74, 6) is 0. The van der Waals surface area contributed by atoms with Crippen molar-refractivity contribution in [3.8, 4) is 0 Å². The first-order valence-electron chi connectivity index (χ1n) is 11.0. The molecule has 2 heterocycles. The molecule has 2 aliphatic heterocycles. The molecule has 0 aromatic heterocycles. The number of amides is 2. The summed E-state index contributed by atoms with van der Waals surface area (Å²) >= 11 is 0. The van der Waals surface area contributed by atoms with E-state index in [1.54, 1.807) is 0 Å². The van der Waals surface area contributed by atoms with Crippen LogP contribution >= 0.6 is 0 Å². The van der Waals surface area contributed by atoms with Gasteiger partial charge >= 0.3 is 6.03 Å². The van der Waals surface area contributed by atoms with Gasteiger partial charge in [0.2, 0.25) is 0 Å². The Hall–Kier alpha value is -1.59. The van der Waals surface area contributed by atoms with Gasteiger partial charge in [0, 0.05) is 38.3 Å². The van der Waals surface area contributed by atoms with Gasteiger partial charge in [-0.3, -0.25) is 4.90 Å². The van der Waals surface area contributed by atoms with Crippen LogP contribution in [0.1, 0.15) is 57.9 Å². The van der Waals surface area contributed by atoms with E-state index in [1.807, 2.05) is 13.8 Å². The highest BCUT2D eigenvalue weighted by Crippen LogP contribution is 2.23. The van der Waals surface area contributed by atoms with Gasteiger partial charge in [-0.15, -0.1) is 0 Å². The maximum Gasteiger partial charge on any atom is 0.317 e. The van der Waals surface area contributed by atoms with Gasteiger partial charge in [-0.1, -0.05) is 30.3 Å². The summed E-state index contributed by atoms with van der Waals surface area (Å²) in [5.41, 5.74) is 0.697. The number of carbonyl (C=O) groups is 1. The SMILES string of the molecule is CC(C)(O)CN1CC[C@@H](NC(=O)N2CCCCC2CCCc2ccccc2)C1. The van der Waals surface area contributed by atoms with Crippen molar-refractivity contribution in [2.75, 3.05) is 26.2 Å². The molecule has 0 radical (unpaired) electrons. The van der Waals surface area contributed by atoms with Crippen LogP contribution < -0.4 is 5.32 Å². The molecule has 0 saturated carbocycles.